The minimum atomic E-state index is -0.381. The molecule has 0 spiro atoms. The highest BCUT2D eigenvalue weighted by Gasteiger charge is 2.16. The molecule has 2 heterocycles. The van der Waals surface area contributed by atoms with Gasteiger partial charge in [0.2, 0.25) is 6.79 Å². The molecule has 3 aromatic rings. The summed E-state index contributed by atoms with van der Waals surface area (Å²) in [5, 5.41) is 7.90. The van der Waals surface area contributed by atoms with Gasteiger partial charge in [-0.25, -0.2) is 9.78 Å². The van der Waals surface area contributed by atoms with Crippen LogP contribution in [-0.2, 0) is 0 Å². The molecule has 0 atom stereocenters. The summed E-state index contributed by atoms with van der Waals surface area (Å²) in [6.45, 7) is 2.64. The number of nitrogens with one attached hydrogen (secondary N) is 2. The first kappa shape index (κ1) is 17.2. The van der Waals surface area contributed by atoms with E-state index in [-0.39, 0.29) is 12.8 Å². The number of para-hydroxylation sites is 2. The number of rotatable bonds is 5. The molecule has 7 nitrogen and oxygen atoms in total. The van der Waals surface area contributed by atoms with Gasteiger partial charge in [0.25, 0.3) is 0 Å². The molecule has 138 valence electrons. The van der Waals surface area contributed by atoms with E-state index in [1.165, 1.54) is 11.3 Å². The zero-order valence-corrected chi connectivity index (χ0v) is 15.3. The van der Waals surface area contributed by atoms with E-state index in [4.69, 9.17) is 14.2 Å². The first-order valence-electron chi connectivity index (χ1n) is 8.38. The van der Waals surface area contributed by atoms with E-state index in [0.29, 0.717) is 28.9 Å². The van der Waals surface area contributed by atoms with Crippen molar-refractivity contribution in [3.63, 3.8) is 0 Å². The van der Waals surface area contributed by atoms with Crippen molar-refractivity contribution in [2.24, 2.45) is 0 Å². The SMILES string of the molecule is CCOc1ccccc1NC(=O)Nc1nc(-c2ccc3c(c2)OCO3)cs1. The molecule has 2 amide bonds. The Bertz CT molecular complexity index is 973. The van der Waals surface area contributed by atoms with Crippen LogP contribution >= 0.6 is 11.3 Å². The predicted molar refractivity (Wildman–Crippen MR) is 104 cm³/mol. The van der Waals surface area contributed by atoms with Crippen LogP contribution in [0.15, 0.2) is 47.8 Å². The molecule has 1 aromatic heterocycles. The van der Waals surface area contributed by atoms with Crippen LogP contribution in [-0.4, -0.2) is 24.4 Å². The normalized spacial score (nSPS) is 11.9. The summed E-state index contributed by atoms with van der Waals surface area (Å²) in [6.07, 6.45) is 0. The number of ether oxygens (including phenoxy) is 3. The number of nitrogens with zero attached hydrogens (tertiary/aromatic N) is 1. The molecule has 27 heavy (non-hydrogen) atoms. The zero-order valence-electron chi connectivity index (χ0n) is 14.5. The number of urea groups is 1. The standard InChI is InChI=1S/C19H17N3O4S/c1-2-24-15-6-4-3-5-13(15)20-18(23)22-19-21-14(10-27-19)12-7-8-16-17(9-12)26-11-25-16/h3-10H,2,11H2,1H3,(H2,20,21,22,23). The van der Waals surface area contributed by atoms with E-state index < -0.39 is 0 Å². The van der Waals surface area contributed by atoms with E-state index >= 15 is 0 Å². The smallest absolute Gasteiger partial charge is 0.325 e. The lowest BCUT2D eigenvalue weighted by molar-refractivity contribution is 0.174. The van der Waals surface area contributed by atoms with Gasteiger partial charge in [0.1, 0.15) is 5.75 Å². The minimum absolute atomic E-state index is 0.228. The summed E-state index contributed by atoms with van der Waals surface area (Å²) in [5.41, 5.74) is 2.25. The van der Waals surface area contributed by atoms with Gasteiger partial charge in [-0.05, 0) is 37.3 Å². The lowest BCUT2D eigenvalue weighted by Crippen LogP contribution is -2.19. The van der Waals surface area contributed by atoms with E-state index in [9.17, 15) is 4.79 Å². The molecule has 2 N–H and O–H groups in total. The molecular formula is C19H17N3O4S. The molecular weight excluding hydrogens is 366 g/mol. The van der Waals surface area contributed by atoms with Crippen LogP contribution in [0.4, 0.5) is 15.6 Å². The molecule has 0 aliphatic carbocycles. The maximum atomic E-state index is 12.3. The number of benzene rings is 2. The molecule has 2 aromatic carbocycles. The molecule has 4 rings (SSSR count). The maximum absolute atomic E-state index is 12.3. The molecule has 1 aliphatic rings. The number of carbonyl (C=O) groups excluding carboxylic acids is 1. The number of amides is 2. The number of thiazole rings is 1. The van der Waals surface area contributed by atoms with E-state index in [0.717, 1.165) is 17.0 Å². The van der Waals surface area contributed by atoms with Crippen molar-refractivity contribution in [1.82, 2.24) is 4.98 Å². The van der Waals surface area contributed by atoms with Crippen LogP contribution in [0.5, 0.6) is 17.2 Å². The molecule has 8 heteroatoms. The maximum Gasteiger partial charge on any atom is 0.325 e. The van der Waals surface area contributed by atoms with Crippen LogP contribution in [0.3, 0.4) is 0 Å². The van der Waals surface area contributed by atoms with Crippen LogP contribution in [0, 0.1) is 0 Å². The third-order valence-electron chi connectivity index (χ3n) is 3.83. The quantitative estimate of drug-likeness (QED) is 0.674. The van der Waals surface area contributed by atoms with Crippen LogP contribution in [0.25, 0.3) is 11.3 Å². The van der Waals surface area contributed by atoms with Crippen molar-refractivity contribution in [3.05, 3.63) is 47.8 Å². The topological polar surface area (TPSA) is 81.7 Å². The number of carbonyl (C=O) groups is 1. The fraction of sp³-hybridized carbons (Fsp3) is 0.158. The van der Waals surface area contributed by atoms with Crippen molar-refractivity contribution in [3.8, 4) is 28.5 Å². The fourth-order valence-electron chi connectivity index (χ4n) is 2.62. The van der Waals surface area contributed by atoms with Crippen LogP contribution in [0.2, 0.25) is 0 Å². The Kier molecular flexibility index (Phi) is 4.80. The zero-order chi connectivity index (χ0) is 18.6. The highest BCUT2D eigenvalue weighted by Crippen LogP contribution is 2.36. The number of fused-ring (bicyclic) bond motifs is 1. The van der Waals surface area contributed by atoms with Gasteiger partial charge in [-0.15, -0.1) is 11.3 Å². The Balaban J connectivity index is 1.44. The molecule has 0 saturated heterocycles. The minimum Gasteiger partial charge on any atom is -0.492 e. The molecule has 0 saturated carbocycles. The third-order valence-corrected chi connectivity index (χ3v) is 4.59. The van der Waals surface area contributed by atoms with Crippen molar-refractivity contribution in [1.29, 1.82) is 0 Å². The summed E-state index contributed by atoms with van der Waals surface area (Å²) in [4.78, 5) is 16.8. The van der Waals surface area contributed by atoms with Crippen molar-refractivity contribution >= 4 is 28.2 Å². The molecule has 0 unspecified atom stereocenters. The molecule has 0 bridgehead atoms. The largest absolute Gasteiger partial charge is 0.492 e. The van der Waals surface area contributed by atoms with Gasteiger partial charge in [0, 0.05) is 10.9 Å². The van der Waals surface area contributed by atoms with Crippen molar-refractivity contribution < 1.29 is 19.0 Å². The van der Waals surface area contributed by atoms with Gasteiger partial charge in [-0.1, -0.05) is 12.1 Å². The van der Waals surface area contributed by atoms with E-state index in [2.05, 4.69) is 15.6 Å². The summed E-state index contributed by atoms with van der Waals surface area (Å²) < 4.78 is 16.2. The van der Waals surface area contributed by atoms with Gasteiger partial charge >= 0.3 is 6.03 Å². The average molecular weight is 383 g/mol. The lowest BCUT2D eigenvalue weighted by Gasteiger charge is -2.11. The summed E-state index contributed by atoms with van der Waals surface area (Å²) in [6, 6.07) is 12.5. The number of hydrogen-bond acceptors (Lipinski definition) is 6. The third kappa shape index (κ3) is 3.80. The second-order valence-corrected chi connectivity index (χ2v) is 6.47. The lowest BCUT2D eigenvalue weighted by atomic mass is 10.1. The highest BCUT2D eigenvalue weighted by molar-refractivity contribution is 7.14. The summed E-state index contributed by atoms with van der Waals surface area (Å²) in [7, 11) is 0. The Morgan fingerprint density at radius 1 is 1.19 bits per heavy atom. The molecule has 0 fully saturated rings. The Morgan fingerprint density at radius 2 is 2.04 bits per heavy atom. The van der Waals surface area contributed by atoms with Gasteiger partial charge < -0.3 is 19.5 Å². The van der Waals surface area contributed by atoms with Crippen LogP contribution < -0.4 is 24.8 Å². The van der Waals surface area contributed by atoms with Crippen LogP contribution in [0.1, 0.15) is 6.92 Å². The summed E-state index contributed by atoms with van der Waals surface area (Å²) in [5.74, 6) is 2.04. The van der Waals surface area contributed by atoms with Gasteiger partial charge in [0.15, 0.2) is 16.6 Å². The van der Waals surface area contributed by atoms with Gasteiger partial charge in [-0.3, -0.25) is 5.32 Å². The van der Waals surface area contributed by atoms with Gasteiger partial charge in [-0.2, -0.15) is 0 Å². The first-order chi connectivity index (χ1) is 13.2. The molecule has 1 aliphatic heterocycles. The fourth-order valence-corrected chi connectivity index (χ4v) is 3.34. The Hall–Kier alpha value is -3.26. The first-order valence-corrected chi connectivity index (χ1v) is 9.26. The van der Waals surface area contributed by atoms with E-state index in [1.807, 2.05) is 42.6 Å². The Morgan fingerprint density at radius 3 is 2.93 bits per heavy atom. The average Bonchev–Trinajstić information content (AvgIpc) is 3.32. The molecule has 0 radical (unpaired) electrons. The second kappa shape index (κ2) is 7.55. The van der Waals surface area contributed by atoms with Crippen molar-refractivity contribution in [2.45, 2.75) is 6.92 Å². The highest BCUT2D eigenvalue weighted by atomic mass is 32.1. The number of aromatic nitrogens is 1. The number of anilines is 2. The Labute approximate surface area is 159 Å². The van der Waals surface area contributed by atoms with Gasteiger partial charge in [0.05, 0.1) is 18.0 Å². The monoisotopic (exact) mass is 383 g/mol. The van der Waals surface area contributed by atoms with E-state index in [1.54, 1.807) is 12.1 Å². The predicted octanol–water partition coefficient (Wildman–Crippen LogP) is 4.58. The summed E-state index contributed by atoms with van der Waals surface area (Å²) >= 11 is 1.34. The second-order valence-electron chi connectivity index (χ2n) is 5.61. The van der Waals surface area contributed by atoms with Crippen molar-refractivity contribution in [2.75, 3.05) is 24.0 Å². The number of hydrogen-bond donors (Lipinski definition) is 2.